The summed E-state index contributed by atoms with van der Waals surface area (Å²) < 4.78 is 0. The molecule has 0 saturated carbocycles. The Labute approximate surface area is 137 Å². The van der Waals surface area contributed by atoms with Gasteiger partial charge in [0.2, 0.25) is 0 Å². The molecule has 3 rings (SSSR count). The van der Waals surface area contributed by atoms with E-state index in [-0.39, 0.29) is 18.3 Å². The quantitative estimate of drug-likeness (QED) is 0.858. The maximum atomic E-state index is 12.6. The molecule has 1 aliphatic heterocycles. The second kappa shape index (κ2) is 7.61. The predicted molar refractivity (Wildman–Crippen MR) is 90.8 cm³/mol. The molecular formula is C16H25ClN2OS. The summed E-state index contributed by atoms with van der Waals surface area (Å²) in [5.41, 5.74) is 1.45. The molecule has 5 heteroatoms. The van der Waals surface area contributed by atoms with E-state index in [9.17, 15) is 4.79 Å². The first kappa shape index (κ1) is 16.8. The SMILES string of the molecule is CC1CN(C(=O)c2cc3c(s2)CCCCCC3)CCN1.Cl. The lowest BCUT2D eigenvalue weighted by atomic mass is 10.00. The van der Waals surface area contributed by atoms with Crippen molar-refractivity contribution < 1.29 is 4.79 Å². The Morgan fingerprint density at radius 2 is 2.05 bits per heavy atom. The summed E-state index contributed by atoms with van der Waals surface area (Å²) in [6, 6.07) is 2.59. The summed E-state index contributed by atoms with van der Waals surface area (Å²) in [6.45, 7) is 4.73. The third-order valence-corrected chi connectivity index (χ3v) is 5.59. The van der Waals surface area contributed by atoms with Crippen molar-refractivity contribution in [2.24, 2.45) is 0 Å². The fourth-order valence-corrected chi connectivity index (χ4v) is 4.44. The van der Waals surface area contributed by atoms with Crippen LogP contribution in [0.25, 0.3) is 0 Å². The molecule has 1 N–H and O–H groups in total. The molecule has 1 amide bonds. The number of thiophene rings is 1. The van der Waals surface area contributed by atoms with E-state index in [1.165, 1.54) is 42.5 Å². The van der Waals surface area contributed by atoms with Gasteiger partial charge in [-0.2, -0.15) is 0 Å². The Kier molecular flexibility index (Phi) is 6.08. The van der Waals surface area contributed by atoms with E-state index in [1.54, 1.807) is 11.3 Å². The lowest BCUT2D eigenvalue weighted by molar-refractivity contribution is 0.0714. The number of amides is 1. The summed E-state index contributed by atoms with van der Waals surface area (Å²) in [5.74, 6) is 0.245. The first-order valence-corrected chi connectivity index (χ1v) is 8.70. The molecule has 1 aromatic rings. The zero-order valence-electron chi connectivity index (χ0n) is 12.7. The molecule has 0 bridgehead atoms. The van der Waals surface area contributed by atoms with Crippen molar-refractivity contribution in [3.05, 3.63) is 21.4 Å². The van der Waals surface area contributed by atoms with Gasteiger partial charge in [0.05, 0.1) is 4.88 Å². The summed E-state index contributed by atoms with van der Waals surface area (Å²) in [4.78, 5) is 17.1. The van der Waals surface area contributed by atoms with Crippen LogP contribution in [-0.4, -0.2) is 36.5 Å². The molecule has 1 aliphatic carbocycles. The van der Waals surface area contributed by atoms with Crippen LogP contribution >= 0.6 is 23.7 Å². The van der Waals surface area contributed by atoms with Gasteiger partial charge in [0.1, 0.15) is 0 Å². The van der Waals surface area contributed by atoms with Gasteiger partial charge in [0.15, 0.2) is 0 Å². The third-order valence-electron chi connectivity index (χ3n) is 4.36. The Hall–Kier alpha value is -0.580. The van der Waals surface area contributed by atoms with E-state index in [0.29, 0.717) is 6.04 Å². The van der Waals surface area contributed by atoms with E-state index < -0.39 is 0 Å². The van der Waals surface area contributed by atoms with Crippen molar-refractivity contribution in [3.8, 4) is 0 Å². The third kappa shape index (κ3) is 3.99. The number of nitrogens with zero attached hydrogens (tertiary/aromatic N) is 1. The van der Waals surface area contributed by atoms with Gasteiger partial charge in [0.25, 0.3) is 5.91 Å². The minimum absolute atomic E-state index is 0. The Morgan fingerprint density at radius 3 is 2.81 bits per heavy atom. The molecule has 1 atom stereocenters. The van der Waals surface area contributed by atoms with E-state index in [1.807, 2.05) is 4.90 Å². The fraction of sp³-hybridized carbons (Fsp3) is 0.688. The Morgan fingerprint density at radius 1 is 1.29 bits per heavy atom. The van der Waals surface area contributed by atoms with Crippen LogP contribution in [-0.2, 0) is 12.8 Å². The van der Waals surface area contributed by atoms with Gasteiger partial charge in [0, 0.05) is 30.6 Å². The normalized spacial score (nSPS) is 22.7. The van der Waals surface area contributed by atoms with E-state index >= 15 is 0 Å². The highest BCUT2D eigenvalue weighted by Crippen LogP contribution is 2.29. The highest BCUT2D eigenvalue weighted by Gasteiger charge is 2.24. The first-order valence-electron chi connectivity index (χ1n) is 7.88. The molecule has 118 valence electrons. The summed E-state index contributed by atoms with van der Waals surface area (Å²) in [7, 11) is 0. The highest BCUT2D eigenvalue weighted by atomic mass is 35.5. The number of hydrogen-bond acceptors (Lipinski definition) is 3. The van der Waals surface area contributed by atoms with Crippen LogP contribution in [0.15, 0.2) is 6.07 Å². The van der Waals surface area contributed by atoms with Crippen molar-refractivity contribution in [1.29, 1.82) is 0 Å². The largest absolute Gasteiger partial charge is 0.335 e. The summed E-state index contributed by atoms with van der Waals surface area (Å²) in [5, 5.41) is 3.39. The number of rotatable bonds is 1. The lowest BCUT2D eigenvalue weighted by Crippen LogP contribution is -2.51. The molecular weight excluding hydrogens is 304 g/mol. The molecule has 1 unspecified atom stereocenters. The predicted octanol–water partition coefficient (Wildman–Crippen LogP) is 3.26. The monoisotopic (exact) mass is 328 g/mol. The topological polar surface area (TPSA) is 32.3 Å². The molecule has 1 saturated heterocycles. The van der Waals surface area contributed by atoms with Crippen molar-refractivity contribution in [2.45, 2.75) is 51.5 Å². The number of nitrogens with one attached hydrogen (secondary N) is 1. The van der Waals surface area contributed by atoms with Crippen LogP contribution in [0, 0.1) is 0 Å². The van der Waals surface area contributed by atoms with E-state index in [2.05, 4.69) is 18.3 Å². The molecule has 2 heterocycles. The molecule has 2 aliphatic rings. The number of halogens is 1. The average Bonchev–Trinajstić information content (AvgIpc) is 2.80. The molecule has 3 nitrogen and oxygen atoms in total. The number of piperazine rings is 1. The van der Waals surface area contributed by atoms with Gasteiger partial charge in [-0.3, -0.25) is 4.79 Å². The molecule has 0 aromatic carbocycles. The number of carbonyl (C=O) groups excluding carboxylic acids is 1. The Balaban J connectivity index is 0.00000161. The number of carbonyl (C=O) groups is 1. The summed E-state index contributed by atoms with van der Waals surface area (Å²) in [6.07, 6.45) is 7.58. The smallest absolute Gasteiger partial charge is 0.264 e. The lowest BCUT2D eigenvalue weighted by Gasteiger charge is -2.31. The molecule has 0 radical (unpaired) electrons. The zero-order chi connectivity index (χ0) is 13.9. The summed E-state index contributed by atoms with van der Waals surface area (Å²) >= 11 is 1.75. The van der Waals surface area contributed by atoms with Crippen molar-refractivity contribution in [1.82, 2.24) is 10.2 Å². The highest BCUT2D eigenvalue weighted by molar-refractivity contribution is 7.14. The maximum absolute atomic E-state index is 12.6. The molecule has 21 heavy (non-hydrogen) atoms. The van der Waals surface area contributed by atoms with Crippen molar-refractivity contribution in [3.63, 3.8) is 0 Å². The Bertz CT molecular complexity index is 463. The van der Waals surface area contributed by atoms with Crippen LogP contribution in [0.3, 0.4) is 0 Å². The van der Waals surface area contributed by atoms with Crippen LogP contribution in [0.1, 0.15) is 52.7 Å². The van der Waals surface area contributed by atoms with Crippen LogP contribution in [0.2, 0.25) is 0 Å². The molecule has 1 fully saturated rings. The molecule has 0 spiro atoms. The van der Waals surface area contributed by atoms with Crippen molar-refractivity contribution >= 4 is 29.7 Å². The van der Waals surface area contributed by atoms with Gasteiger partial charge in [-0.1, -0.05) is 12.8 Å². The first-order chi connectivity index (χ1) is 9.74. The van der Waals surface area contributed by atoms with Gasteiger partial charge in [-0.15, -0.1) is 23.7 Å². The molecule has 1 aromatic heterocycles. The second-order valence-corrected chi connectivity index (χ2v) is 7.22. The van der Waals surface area contributed by atoms with E-state index in [4.69, 9.17) is 0 Å². The van der Waals surface area contributed by atoms with Crippen LogP contribution < -0.4 is 5.32 Å². The zero-order valence-corrected chi connectivity index (χ0v) is 14.3. The van der Waals surface area contributed by atoms with Gasteiger partial charge >= 0.3 is 0 Å². The van der Waals surface area contributed by atoms with Gasteiger partial charge in [-0.25, -0.2) is 0 Å². The number of fused-ring (bicyclic) bond motifs is 1. The number of aryl methyl sites for hydroxylation is 2. The minimum Gasteiger partial charge on any atom is -0.335 e. The minimum atomic E-state index is 0. The standard InChI is InChI=1S/C16H24N2OS.ClH/c1-12-11-18(9-8-17-12)16(19)15-10-13-6-4-2-3-5-7-14(13)20-15;/h10,12,17H,2-9,11H2,1H3;1H. The van der Waals surface area contributed by atoms with E-state index in [0.717, 1.165) is 30.9 Å². The number of hydrogen-bond donors (Lipinski definition) is 1. The average molecular weight is 329 g/mol. The van der Waals surface area contributed by atoms with Gasteiger partial charge < -0.3 is 10.2 Å². The van der Waals surface area contributed by atoms with Crippen LogP contribution in [0.5, 0.6) is 0 Å². The van der Waals surface area contributed by atoms with Gasteiger partial charge in [-0.05, 0) is 44.2 Å². The fourth-order valence-electron chi connectivity index (χ4n) is 3.22. The van der Waals surface area contributed by atoms with Crippen molar-refractivity contribution in [2.75, 3.05) is 19.6 Å². The maximum Gasteiger partial charge on any atom is 0.264 e. The second-order valence-electron chi connectivity index (χ2n) is 6.08. The van der Waals surface area contributed by atoms with Crippen LogP contribution in [0.4, 0.5) is 0 Å².